The van der Waals surface area contributed by atoms with Crippen LogP contribution in [0.1, 0.15) is 44.6 Å². The Morgan fingerprint density at radius 3 is 3.06 bits per heavy atom. The molecule has 0 aromatic carbocycles. The number of hydrogen-bond donors (Lipinski definition) is 1. The van der Waals surface area contributed by atoms with Crippen molar-refractivity contribution in [3.8, 4) is 0 Å². The zero-order valence-electron chi connectivity index (χ0n) is 10.9. The highest BCUT2D eigenvalue weighted by atomic mass is 79.9. The predicted octanol–water partition coefficient (Wildman–Crippen LogP) is 3.50. The summed E-state index contributed by atoms with van der Waals surface area (Å²) in [7, 11) is 0. The van der Waals surface area contributed by atoms with Gasteiger partial charge in [-0.25, -0.2) is 4.98 Å². The van der Waals surface area contributed by atoms with Crippen molar-refractivity contribution < 1.29 is 5.11 Å². The van der Waals surface area contributed by atoms with E-state index in [0.717, 1.165) is 22.4 Å². The average molecular weight is 313 g/mol. The van der Waals surface area contributed by atoms with Crippen LogP contribution in [0, 0.1) is 0 Å². The molecular formula is C14H21BrN2O. The second-order valence-electron chi connectivity index (χ2n) is 4.93. The first-order chi connectivity index (χ1) is 8.76. The molecule has 1 N–H and O–H groups in total. The first-order valence-corrected chi connectivity index (χ1v) is 7.57. The van der Waals surface area contributed by atoms with Crippen LogP contribution in [0.25, 0.3) is 0 Å². The summed E-state index contributed by atoms with van der Waals surface area (Å²) in [6.45, 7) is 3.35. The quantitative estimate of drug-likeness (QED) is 0.924. The molecule has 1 unspecified atom stereocenters. The molecule has 1 saturated heterocycles. The normalized spacial score (nSPS) is 20.2. The second kappa shape index (κ2) is 6.53. The third-order valence-corrected chi connectivity index (χ3v) is 4.03. The van der Waals surface area contributed by atoms with Gasteiger partial charge in [-0.05, 0) is 47.7 Å². The molecule has 1 aromatic rings. The van der Waals surface area contributed by atoms with Crippen molar-refractivity contribution in [2.45, 2.75) is 51.7 Å². The van der Waals surface area contributed by atoms with Crippen LogP contribution in [0.3, 0.4) is 0 Å². The third kappa shape index (κ3) is 3.04. The summed E-state index contributed by atoms with van der Waals surface area (Å²) in [4.78, 5) is 6.92. The molecule has 0 spiro atoms. The minimum absolute atomic E-state index is 0.0527. The number of piperidine rings is 1. The Hall–Kier alpha value is -0.610. The molecule has 0 saturated carbocycles. The Kier molecular flexibility index (Phi) is 5.01. The monoisotopic (exact) mass is 312 g/mol. The van der Waals surface area contributed by atoms with E-state index < -0.39 is 0 Å². The largest absolute Gasteiger partial charge is 0.392 e. The molecule has 3 nitrogen and oxygen atoms in total. The van der Waals surface area contributed by atoms with Crippen molar-refractivity contribution in [3.05, 3.63) is 22.3 Å². The van der Waals surface area contributed by atoms with E-state index in [1.165, 1.54) is 32.1 Å². The molecule has 0 radical (unpaired) electrons. The fourth-order valence-corrected chi connectivity index (χ4v) is 3.14. The lowest BCUT2D eigenvalue weighted by atomic mass is 9.97. The van der Waals surface area contributed by atoms with Gasteiger partial charge in [-0.1, -0.05) is 13.3 Å². The maximum Gasteiger partial charge on any atom is 0.134 e. The van der Waals surface area contributed by atoms with E-state index in [4.69, 9.17) is 0 Å². The standard InChI is InChI=1S/C14H21BrN2O/c1-2-5-13-6-3-4-7-17(13)14-11(10-18)8-12(15)9-16-14/h8-9,13,18H,2-7,10H2,1H3. The fraction of sp³-hybridized carbons (Fsp3) is 0.643. The van der Waals surface area contributed by atoms with Gasteiger partial charge in [0.25, 0.3) is 0 Å². The zero-order chi connectivity index (χ0) is 13.0. The Morgan fingerprint density at radius 1 is 1.50 bits per heavy atom. The maximum absolute atomic E-state index is 9.50. The van der Waals surface area contributed by atoms with Gasteiger partial charge in [-0.3, -0.25) is 0 Å². The highest BCUT2D eigenvalue weighted by molar-refractivity contribution is 9.10. The van der Waals surface area contributed by atoms with Crippen LogP contribution < -0.4 is 4.90 Å². The minimum atomic E-state index is 0.0527. The van der Waals surface area contributed by atoms with E-state index in [1.807, 2.05) is 12.3 Å². The van der Waals surface area contributed by atoms with Crippen LogP contribution in [-0.4, -0.2) is 22.7 Å². The van der Waals surface area contributed by atoms with Gasteiger partial charge in [0.05, 0.1) is 6.61 Å². The zero-order valence-corrected chi connectivity index (χ0v) is 12.5. The van der Waals surface area contributed by atoms with Crippen molar-refractivity contribution in [2.75, 3.05) is 11.4 Å². The average Bonchev–Trinajstić information content (AvgIpc) is 2.40. The lowest BCUT2D eigenvalue weighted by molar-refractivity contribution is 0.280. The molecule has 100 valence electrons. The Balaban J connectivity index is 2.27. The maximum atomic E-state index is 9.50. The number of halogens is 1. The van der Waals surface area contributed by atoms with Crippen molar-refractivity contribution in [1.82, 2.24) is 4.98 Å². The summed E-state index contributed by atoms with van der Waals surface area (Å²) in [5.41, 5.74) is 0.923. The highest BCUT2D eigenvalue weighted by Gasteiger charge is 2.24. The van der Waals surface area contributed by atoms with Gasteiger partial charge in [0.15, 0.2) is 0 Å². The van der Waals surface area contributed by atoms with Gasteiger partial charge >= 0.3 is 0 Å². The van der Waals surface area contributed by atoms with Gasteiger partial charge < -0.3 is 10.0 Å². The Labute approximate surface area is 117 Å². The number of aliphatic hydroxyl groups excluding tert-OH is 1. The summed E-state index contributed by atoms with van der Waals surface area (Å²) in [6, 6.07) is 2.56. The number of nitrogens with zero attached hydrogens (tertiary/aromatic N) is 2. The number of anilines is 1. The third-order valence-electron chi connectivity index (χ3n) is 3.60. The molecule has 2 rings (SSSR count). The van der Waals surface area contributed by atoms with E-state index in [2.05, 4.69) is 32.7 Å². The van der Waals surface area contributed by atoms with Crippen molar-refractivity contribution in [1.29, 1.82) is 0 Å². The van der Waals surface area contributed by atoms with E-state index in [-0.39, 0.29) is 6.61 Å². The van der Waals surface area contributed by atoms with Crippen LogP contribution >= 0.6 is 15.9 Å². The SMILES string of the molecule is CCCC1CCCCN1c1ncc(Br)cc1CO. The molecule has 0 aliphatic carbocycles. The predicted molar refractivity (Wildman–Crippen MR) is 77.8 cm³/mol. The van der Waals surface area contributed by atoms with E-state index in [1.54, 1.807) is 0 Å². The minimum Gasteiger partial charge on any atom is -0.392 e. The van der Waals surface area contributed by atoms with Gasteiger partial charge in [-0.2, -0.15) is 0 Å². The number of hydrogen-bond acceptors (Lipinski definition) is 3. The molecule has 1 fully saturated rings. The summed E-state index contributed by atoms with van der Waals surface area (Å²) < 4.78 is 0.930. The topological polar surface area (TPSA) is 36.4 Å². The fourth-order valence-electron chi connectivity index (χ4n) is 2.76. The first-order valence-electron chi connectivity index (χ1n) is 6.78. The van der Waals surface area contributed by atoms with Crippen LogP contribution in [0.5, 0.6) is 0 Å². The summed E-state index contributed by atoms with van der Waals surface area (Å²) in [6.07, 6.45) is 8.02. The van der Waals surface area contributed by atoms with E-state index in [9.17, 15) is 5.11 Å². The molecule has 0 bridgehead atoms. The molecule has 2 heterocycles. The molecule has 0 amide bonds. The van der Waals surface area contributed by atoms with Crippen LogP contribution in [0.2, 0.25) is 0 Å². The lowest BCUT2D eigenvalue weighted by Crippen LogP contribution is -2.40. The van der Waals surface area contributed by atoms with Gasteiger partial charge in [-0.15, -0.1) is 0 Å². The molecular weight excluding hydrogens is 292 g/mol. The Bertz CT molecular complexity index is 395. The summed E-state index contributed by atoms with van der Waals surface area (Å²) >= 11 is 3.41. The summed E-state index contributed by atoms with van der Waals surface area (Å²) in [5, 5.41) is 9.50. The van der Waals surface area contributed by atoms with Crippen LogP contribution in [-0.2, 0) is 6.61 Å². The molecule has 1 aliphatic rings. The number of rotatable bonds is 4. The highest BCUT2D eigenvalue weighted by Crippen LogP contribution is 2.29. The van der Waals surface area contributed by atoms with Crippen molar-refractivity contribution in [2.24, 2.45) is 0 Å². The molecule has 1 aromatic heterocycles. The van der Waals surface area contributed by atoms with Crippen molar-refractivity contribution >= 4 is 21.7 Å². The van der Waals surface area contributed by atoms with Crippen LogP contribution in [0.4, 0.5) is 5.82 Å². The van der Waals surface area contributed by atoms with Crippen LogP contribution in [0.15, 0.2) is 16.7 Å². The molecule has 4 heteroatoms. The first kappa shape index (κ1) is 13.8. The lowest BCUT2D eigenvalue weighted by Gasteiger charge is -2.37. The van der Waals surface area contributed by atoms with E-state index >= 15 is 0 Å². The van der Waals surface area contributed by atoms with Gasteiger partial charge in [0.2, 0.25) is 0 Å². The molecule has 18 heavy (non-hydrogen) atoms. The number of aliphatic hydroxyl groups is 1. The van der Waals surface area contributed by atoms with E-state index in [0.29, 0.717) is 6.04 Å². The molecule has 1 aliphatic heterocycles. The van der Waals surface area contributed by atoms with Gasteiger partial charge in [0.1, 0.15) is 5.82 Å². The van der Waals surface area contributed by atoms with Crippen molar-refractivity contribution in [3.63, 3.8) is 0 Å². The van der Waals surface area contributed by atoms with Gasteiger partial charge in [0, 0.05) is 28.8 Å². The Morgan fingerprint density at radius 2 is 2.33 bits per heavy atom. The smallest absolute Gasteiger partial charge is 0.134 e. The summed E-state index contributed by atoms with van der Waals surface area (Å²) in [5.74, 6) is 0.971. The number of aromatic nitrogens is 1. The number of pyridine rings is 1. The second-order valence-corrected chi connectivity index (χ2v) is 5.84. The molecule has 1 atom stereocenters.